The normalized spacial score (nSPS) is 30.5. The van der Waals surface area contributed by atoms with Gasteiger partial charge in [-0.15, -0.1) is 0 Å². The maximum atomic E-state index is 13.8. The Hall–Kier alpha value is -1.42. The monoisotopic (exact) mass is 263 g/mol. The molecule has 1 N–H and O–H groups in total. The predicted octanol–water partition coefficient (Wildman–Crippen LogP) is 2.75. The first-order valence-electron chi connectivity index (χ1n) is 6.81. The zero-order valence-corrected chi connectivity index (χ0v) is 11.0. The molecule has 3 rings (SSSR count). The van der Waals surface area contributed by atoms with E-state index in [0.717, 1.165) is 30.5 Å². The number of hydrogen-bond acceptors (Lipinski definition) is 2. The third-order valence-electron chi connectivity index (χ3n) is 4.72. The molecular formula is C15H18FNO2. The van der Waals surface area contributed by atoms with Crippen LogP contribution in [0.15, 0.2) is 18.2 Å². The van der Waals surface area contributed by atoms with Crippen molar-refractivity contribution in [1.29, 1.82) is 0 Å². The maximum Gasteiger partial charge on any atom is 0.323 e. The van der Waals surface area contributed by atoms with Gasteiger partial charge in [-0.05, 0) is 56.3 Å². The van der Waals surface area contributed by atoms with Crippen molar-refractivity contribution in [2.75, 3.05) is 6.54 Å². The highest BCUT2D eigenvalue weighted by atomic mass is 19.1. The van der Waals surface area contributed by atoms with E-state index in [9.17, 15) is 14.3 Å². The van der Waals surface area contributed by atoms with Gasteiger partial charge in [-0.3, -0.25) is 9.69 Å². The highest BCUT2D eigenvalue weighted by Crippen LogP contribution is 2.44. The van der Waals surface area contributed by atoms with E-state index in [1.807, 2.05) is 6.07 Å². The van der Waals surface area contributed by atoms with Crippen LogP contribution in [0, 0.1) is 5.82 Å². The molecule has 0 amide bonds. The summed E-state index contributed by atoms with van der Waals surface area (Å²) in [5.74, 6) is -0.925. The Balaban J connectivity index is 1.98. The molecule has 1 aromatic rings. The molecule has 4 heteroatoms. The van der Waals surface area contributed by atoms with Crippen molar-refractivity contribution in [3.05, 3.63) is 35.1 Å². The van der Waals surface area contributed by atoms with Crippen LogP contribution in [0.25, 0.3) is 0 Å². The van der Waals surface area contributed by atoms with Crippen molar-refractivity contribution < 1.29 is 14.3 Å². The fraction of sp³-hybridized carbons (Fsp3) is 0.533. The number of hydrogen-bond donors (Lipinski definition) is 1. The number of aliphatic carboxylic acids is 1. The van der Waals surface area contributed by atoms with Crippen LogP contribution in [0.2, 0.25) is 0 Å². The first-order chi connectivity index (χ1) is 9.04. The van der Waals surface area contributed by atoms with Gasteiger partial charge < -0.3 is 5.11 Å². The van der Waals surface area contributed by atoms with Gasteiger partial charge >= 0.3 is 5.97 Å². The molecule has 102 valence electrons. The van der Waals surface area contributed by atoms with Crippen molar-refractivity contribution in [3.8, 4) is 0 Å². The molecule has 0 bridgehead atoms. The molecule has 2 aliphatic rings. The minimum atomic E-state index is -0.807. The lowest BCUT2D eigenvalue weighted by atomic mass is 9.96. The van der Waals surface area contributed by atoms with Crippen molar-refractivity contribution >= 4 is 5.97 Å². The highest BCUT2D eigenvalue weighted by molar-refractivity contribution is 5.78. The summed E-state index contributed by atoms with van der Waals surface area (Å²) in [6.45, 7) is 2.57. The first-order valence-corrected chi connectivity index (χ1v) is 6.81. The van der Waals surface area contributed by atoms with Crippen molar-refractivity contribution in [2.45, 2.75) is 44.2 Å². The largest absolute Gasteiger partial charge is 0.480 e. The van der Waals surface area contributed by atoms with E-state index in [0.29, 0.717) is 12.8 Å². The SMILES string of the molecule is CC1(C(=O)O)CCCN1C1CCc2c(F)cccc21. The fourth-order valence-electron chi connectivity index (χ4n) is 3.63. The number of nitrogens with zero attached hydrogens (tertiary/aromatic N) is 1. The average Bonchev–Trinajstić information content (AvgIpc) is 2.94. The van der Waals surface area contributed by atoms with Crippen LogP contribution >= 0.6 is 0 Å². The molecule has 0 radical (unpaired) electrons. The highest BCUT2D eigenvalue weighted by Gasteiger charge is 2.48. The number of rotatable bonds is 2. The van der Waals surface area contributed by atoms with Crippen LogP contribution in [-0.2, 0) is 11.2 Å². The maximum absolute atomic E-state index is 13.8. The molecule has 1 heterocycles. The number of carboxylic acid groups (broad SMARTS) is 1. The van der Waals surface area contributed by atoms with Crippen molar-refractivity contribution in [2.24, 2.45) is 0 Å². The molecule has 1 saturated heterocycles. The number of halogens is 1. The third kappa shape index (κ3) is 1.77. The van der Waals surface area contributed by atoms with Crippen LogP contribution in [0.1, 0.15) is 43.4 Å². The predicted molar refractivity (Wildman–Crippen MR) is 69.4 cm³/mol. The Morgan fingerprint density at radius 1 is 1.53 bits per heavy atom. The Morgan fingerprint density at radius 3 is 3.05 bits per heavy atom. The summed E-state index contributed by atoms with van der Waals surface area (Å²) in [7, 11) is 0. The quantitative estimate of drug-likeness (QED) is 0.892. The lowest BCUT2D eigenvalue weighted by molar-refractivity contribution is -0.150. The topological polar surface area (TPSA) is 40.5 Å². The number of likely N-dealkylation sites (tertiary alicyclic amines) is 1. The van der Waals surface area contributed by atoms with Crippen molar-refractivity contribution in [1.82, 2.24) is 4.90 Å². The van der Waals surface area contributed by atoms with E-state index < -0.39 is 11.5 Å². The molecule has 19 heavy (non-hydrogen) atoms. The molecule has 2 unspecified atom stereocenters. The molecule has 0 spiro atoms. The molecule has 1 fully saturated rings. The van der Waals surface area contributed by atoms with Gasteiger partial charge in [0.2, 0.25) is 0 Å². The van der Waals surface area contributed by atoms with Gasteiger partial charge in [0.1, 0.15) is 11.4 Å². The second kappa shape index (κ2) is 4.30. The lowest BCUT2D eigenvalue weighted by Crippen LogP contribution is -2.49. The summed E-state index contributed by atoms with van der Waals surface area (Å²) in [5.41, 5.74) is 0.944. The third-order valence-corrected chi connectivity index (χ3v) is 4.72. The Morgan fingerprint density at radius 2 is 2.32 bits per heavy atom. The van der Waals surface area contributed by atoms with Crippen LogP contribution in [-0.4, -0.2) is 28.1 Å². The van der Waals surface area contributed by atoms with E-state index in [-0.39, 0.29) is 11.9 Å². The first kappa shape index (κ1) is 12.6. The van der Waals surface area contributed by atoms with Gasteiger partial charge in [0.05, 0.1) is 0 Å². The van der Waals surface area contributed by atoms with Gasteiger partial charge in [0.25, 0.3) is 0 Å². The zero-order valence-electron chi connectivity index (χ0n) is 11.0. The van der Waals surface area contributed by atoms with Gasteiger partial charge in [-0.2, -0.15) is 0 Å². The minimum Gasteiger partial charge on any atom is -0.480 e. The minimum absolute atomic E-state index is 0.0503. The van der Waals surface area contributed by atoms with Crippen LogP contribution < -0.4 is 0 Å². The number of benzene rings is 1. The standard InChI is InChI=1S/C15H18FNO2/c1-15(14(18)19)8-3-9-17(15)13-7-6-10-11(13)4-2-5-12(10)16/h2,4-5,13H,3,6-9H2,1H3,(H,18,19). The Kier molecular flexibility index (Phi) is 2.86. The molecule has 3 nitrogen and oxygen atoms in total. The van der Waals surface area contributed by atoms with E-state index in [1.165, 1.54) is 6.07 Å². The second-order valence-electron chi connectivity index (χ2n) is 5.74. The Labute approximate surface area is 112 Å². The van der Waals surface area contributed by atoms with Crippen LogP contribution in [0.5, 0.6) is 0 Å². The summed E-state index contributed by atoms with van der Waals surface area (Å²) in [4.78, 5) is 13.6. The molecule has 1 aromatic carbocycles. The van der Waals surface area contributed by atoms with Crippen LogP contribution in [0.4, 0.5) is 4.39 Å². The number of fused-ring (bicyclic) bond motifs is 1. The van der Waals surface area contributed by atoms with E-state index in [2.05, 4.69) is 4.90 Å². The van der Waals surface area contributed by atoms with Crippen molar-refractivity contribution in [3.63, 3.8) is 0 Å². The number of carbonyl (C=O) groups is 1. The molecule has 1 aliphatic carbocycles. The zero-order chi connectivity index (χ0) is 13.6. The molecular weight excluding hydrogens is 245 g/mol. The molecule has 0 saturated carbocycles. The number of carboxylic acids is 1. The summed E-state index contributed by atoms with van der Waals surface area (Å²) in [6.07, 6.45) is 3.09. The van der Waals surface area contributed by atoms with E-state index in [1.54, 1.807) is 13.0 Å². The van der Waals surface area contributed by atoms with Gasteiger partial charge in [0.15, 0.2) is 0 Å². The average molecular weight is 263 g/mol. The van der Waals surface area contributed by atoms with E-state index >= 15 is 0 Å². The van der Waals surface area contributed by atoms with E-state index in [4.69, 9.17) is 0 Å². The lowest BCUT2D eigenvalue weighted by Gasteiger charge is -2.36. The molecule has 0 aromatic heterocycles. The summed E-state index contributed by atoms with van der Waals surface area (Å²) >= 11 is 0. The summed E-state index contributed by atoms with van der Waals surface area (Å²) in [5, 5.41) is 9.49. The molecule has 2 atom stereocenters. The van der Waals surface area contributed by atoms with Gasteiger partial charge in [-0.1, -0.05) is 12.1 Å². The Bertz CT molecular complexity index is 531. The molecule has 1 aliphatic heterocycles. The van der Waals surface area contributed by atoms with Crippen LogP contribution in [0.3, 0.4) is 0 Å². The fourth-order valence-corrected chi connectivity index (χ4v) is 3.63. The summed E-state index contributed by atoms with van der Waals surface area (Å²) < 4.78 is 13.8. The summed E-state index contributed by atoms with van der Waals surface area (Å²) in [6, 6.07) is 5.20. The van der Waals surface area contributed by atoms with Gasteiger partial charge in [-0.25, -0.2) is 4.39 Å². The second-order valence-corrected chi connectivity index (χ2v) is 5.74. The smallest absolute Gasteiger partial charge is 0.323 e. The van der Waals surface area contributed by atoms with Gasteiger partial charge in [0, 0.05) is 6.04 Å².